The number of hydrogen-bond donors (Lipinski definition) is 1. The zero-order valence-corrected chi connectivity index (χ0v) is 20.3. The van der Waals surface area contributed by atoms with Crippen LogP contribution in [0.5, 0.6) is 5.75 Å². The van der Waals surface area contributed by atoms with Crippen LogP contribution in [0.3, 0.4) is 0 Å². The van der Waals surface area contributed by atoms with Crippen LogP contribution in [0, 0.1) is 0 Å². The molecule has 2 heterocycles. The van der Waals surface area contributed by atoms with Gasteiger partial charge in [-0.3, -0.25) is 4.79 Å². The van der Waals surface area contributed by atoms with E-state index in [1.54, 1.807) is 22.5 Å². The maximum Gasteiger partial charge on any atom is 0.262 e. The van der Waals surface area contributed by atoms with Gasteiger partial charge in [-0.2, -0.15) is 4.31 Å². The smallest absolute Gasteiger partial charge is 0.262 e. The number of benzene rings is 2. The van der Waals surface area contributed by atoms with Crippen molar-refractivity contribution in [2.45, 2.75) is 35.2 Å². The standard InChI is InChI=1S/C23H28N2O4S3/c26-22(17-29-20-10-8-18(9-11-20)23-30-14-15-31-23)24-19-6-5-7-21(16-19)32(27,28)25-12-3-1-2-4-13-25/h5-11,16,23H,1-4,12-15,17H2,(H,24,26). The Labute approximate surface area is 198 Å². The van der Waals surface area contributed by atoms with Crippen molar-refractivity contribution < 1.29 is 17.9 Å². The maximum atomic E-state index is 13.0. The monoisotopic (exact) mass is 492 g/mol. The Bertz CT molecular complexity index is 1010. The van der Waals surface area contributed by atoms with Gasteiger partial charge in [0.05, 0.1) is 9.48 Å². The second-order valence-corrected chi connectivity index (χ2v) is 12.5. The van der Waals surface area contributed by atoms with Gasteiger partial charge in [0.2, 0.25) is 10.0 Å². The van der Waals surface area contributed by atoms with Crippen molar-refractivity contribution in [3.8, 4) is 5.75 Å². The van der Waals surface area contributed by atoms with Crippen molar-refractivity contribution >= 4 is 45.1 Å². The van der Waals surface area contributed by atoms with Gasteiger partial charge >= 0.3 is 0 Å². The molecule has 1 amide bonds. The molecule has 2 aromatic carbocycles. The summed E-state index contributed by atoms with van der Waals surface area (Å²) in [4.78, 5) is 12.6. The fraction of sp³-hybridized carbons (Fsp3) is 0.435. The van der Waals surface area contributed by atoms with Crippen LogP contribution in [0.15, 0.2) is 53.4 Å². The highest BCUT2D eigenvalue weighted by molar-refractivity contribution is 8.19. The number of amides is 1. The van der Waals surface area contributed by atoms with Crippen molar-refractivity contribution in [1.29, 1.82) is 0 Å². The third-order valence-corrected chi connectivity index (χ3v) is 10.5. The lowest BCUT2D eigenvalue weighted by molar-refractivity contribution is -0.118. The van der Waals surface area contributed by atoms with Crippen molar-refractivity contribution in [2.24, 2.45) is 0 Å². The van der Waals surface area contributed by atoms with Crippen LogP contribution < -0.4 is 10.1 Å². The summed E-state index contributed by atoms with van der Waals surface area (Å²) in [6.07, 6.45) is 3.88. The highest BCUT2D eigenvalue weighted by Crippen LogP contribution is 2.45. The third kappa shape index (κ3) is 6.01. The minimum absolute atomic E-state index is 0.143. The predicted molar refractivity (Wildman–Crippen MR) is 132 cm³/mol. The highest BCUT2D eigenvalue weighted by atomic mass is 32.2. The predicted octanol–water partition coefficient (Wildman–Crippen LogP) is 4.75. The van der Waals surface area contributed by atoms with Gasteiger partial charge in [-0.1, -0.05) is 31.0 Å². The summed E-state index contributed by atoms with van der Waals surface area (Å²) in [5, 5.41) is 2.74. The fourth-order valence-electron chi connectivity index (χ4n) is 3.78. The lowest BCUT2D eigenvalue weighted by atomic mass is 10.2. The van der Waals surface area contributed by atoms with Crippen LogP contribution in [-0.4, -0.2) is 49.8 Å². The normalized spacial score (nSPS) is 18.2. The Hall–Kier alpha value is -1.68. The molecule has 172 valence electrons. The molecule has 2 saturated heterocycles. The van der Waals surface area contributed by atoms with Crippen LogP contribution in [0.25, 0.3) is 0 Å². The van der Waals surface area contributed by atoms with Gasteiger partial charge in [0.1, 0.15) is 5.75 Å². The fourth-order valence-corrected chi connectivity index (χ4v) is 8.21. The first-order valence-electron chi connectivity index (χ1n) is 10.9. The minimum atomic E-state index is -3.56. The second-order valence-electron chi connectivity index (χ2n) is 7.83. The summed E-state index contributed by atoms with van der Waals surface area (Å²) in [7, 11) is -3.56. The van der Waals surface area contributed by atoms with E-state index < -0.39 is 10.0 Å². The molecule has 2 aliphatic rings. The molecule has 6 nitrogen and oxygen atoms in total. The lowest BCUT2D eigenvalue weighted by Crippen LogP contribution is -2.32. The Morgan fingerprint density at radius 2 is 1.69 bits per heavy atom. The van der Waals surface area contributed by atoms with Crippen molar-refractivity contribution in [3.05, 3.63) is 54.1 Å². The quantitative estimate of drug-likeness (QED) is 0.601. The molecular weight excluding hydrogens is 464 g/mol. The zero-order chi connectivity index (χ0) is 22.4. The van der Waals surface area contributed by atoms with Crippen molar-refractivity contribution in [3.63, 3.8) is 0 Å². The number of thioether (sulfide) groups is 2. The van der Waals surface area contributed by atoms with E-state index in [1.165, 1.54) is 23.1 Å². The molecule has 0 saturated carbocycles. The van der Waals surface area contributed by atoms with Gasteiger partial charge in [0, 0.05) is 30.3 Å². The van der Waals surface area contributed by atoms with E-state index >= 15 is 0 Å². The van der Waals surface area contributed by atoms with Crippen LogP contribution in [-0.2, 0) is 14.8 Å². The lowest BCUT2D eigenvalue weighted by Gasteiger charge is -2.20. The van der Waals surface area contributed by atoms with Crippen molar-refractivity contribution in [1.82, 2.24) is 4.31 Å². The highest BCUT2D eigenvalue weighted by Gasteiger charge is 2.25. The van der Waals surface area contributed by atoms with Gasteiger partial charge in [0.15, 0.2) is 6.61 Å². The molecule has 32 heavy (non-hydrogen) atoms. The zero-order valence-electron chi connectivity index (χ0n) is 17.9. The van der Waals surface area contributed by atoms with Crippen LogP contribution in [0.4, 0.5) is 5.69 Å². The SMILES string of the molecule is O=C(COc1ccc(C2SCCS2)cc1)Nc1cccc(S(=O)(=O)N2CCCCCC2)c1. The number of sulfonamides is 1. The number of anilines is 1. The summed E-state index contributed by atoms with van der Waals surface area (Å²) in [6.45, 7) is 0.947. The average Bonchev–Trinajstić information content (AvgIpc) is 3.20. The summed E-state index contributed by atoms with van der Waals surface area (Å²) in [6, 6.07) is 14.3. The molecule has 0 unspecified atom stereocenters. The first-order chi connectivity index (χ1) is 15.5. The van der Waals surface area contributed by atoms with E-state index in [4.69, 9.17) is 4.74 Å². The Kier molecular flexibility index (Phi) is 8.04. The largest absolute Gasteiger partial charge is 0.484 e. The molecule has 0 aliphatic carbocycles. The molecule has 4 rings (SSSR count). The molecule has 0 bridgehead atoms. The molecule has 0 radical (unpaired) electrons. The van der Waals surface area contributed by atoms with E-state index in [1.807, 2.05) is 47.8 Å². The van der Waals surface area contributed by atoms with Crippen LogP contribution >= 0.6 is 23.5 Å². The second kappa shape index (κ2) is 11.0. The number of nitrogens with zero attached hydrogens (tertiary/aromatic N) is 1. The van der Waals surface area contributed by atoms with Gasteiger partial charge < -0.3 is 10.1 Å². The number of hydrogen-bond acceptors (Lipinski definition) is 6. The minimum Gasteiger partial charge on any atom is -0.484 e. The number of carbonyl (C=O) groups excluding carboxylic acids is 1. The topological polar surface area (TPSA) is 75.7 Å². The van der Waals surface area contributed by atoms with E-state index in [0.717, 1.165) is 25.7 Å². The third-order valence-electron chi connectivity index (χ3n) is 5.46. The summed E-state index contributed by atoms with van der Waals surface area (Å²) >= 11 is 3.89. The first-order valence-corrected chi connectivity index (χ1v) is 14.4. The molecular formula is C23H28N2O4S3. The van der Waals surface area contributed by atoms with E-state index in [9.17, 15) is 13.2 Å². The van der Waals surface area contributed by atoms with Crippen molar-refractivity contribution in [2.75, 3.05) is 36.5 Å². The van der Waals surface area contributed by atoms with Gasteiger partial charge in [-0.25, -0.2) is 8.42 Å². The molecule has 1 N–H and O–H groups in total. The number of ether oxygens (including phenoxy) is 1. The van der Waals surface area contributed by atoms with Gasteiger partial charge in [0.25, 0.3) is 5.91 Å². The summed E-state index contributed by atoms with van der Waals surface area (Å²) in [5.74, 6) is 2.65. The van der Waals surface area contributed by atoms with E-state index in [2.05, 4.69) is 5.32 Å². The number of rotatable bonds is 7. The first kappa shape index (κ1) is 23.5. The number of carbonyl (C=O) groups is 1. The molecule has 9 heteroatoms. The Morgan fingerprint density at radius 1 is 1.00 bits per heavy atom. The Morgan fingerprint density at radius 3 is 2.38 bits per heavy atom. The summed E-state index contributed by atoms with van der Waals surface area (Å²) < 4.78 is 33.6. The maximum absolute atomic E-state index is 13.0. The molecule has 2 fully saturated rings. The number of nitrogens with one attached hydrogen (secondary N) is 1. The molecule has 2 aliphatic heterocycles. The van der Waals surface area contributed by atoms with Crippen LogP contribution in [0.1, 0.15) is 35.8 Å². The molecule has 0 atom stereocenters. The average molecular weight is 493 g/mol. The molecule has 0 spiro atoms. The Balaban J connectivity index is 1.33. The summed E-state index contributed by atoms with van der Waals surface area (Å²) in [5.41, 5.74) is 1.71. The van der Waals surface area contributed by atoms with Gasteiger partial charge in [-0.15, -0.1) is 23.5 Å². The molecule has 0 aromatic heterocycles. The molecule has 2 aromatic rings. The van der Waals surface area contributed by atoms with Crippen LogP contribution in [0.2, 0.25) is 0 Å². The van der Waals surface area contributed by atoms with Gasteiger partial charge in [-0.05, 0) is 48.7 Å². The van der Waals surface area contributed by atoms with E-state index in [-0.39, 0.29) is 17.4 Å². The van der Waals surface area contributed by atoms with E-state index in [0.29, 0.717) is 29.1 Å².